The van der Waals surface area contributed by atoms with Crippen LogP contribution in [0.2, 0.25) is 0 Å². The van der Waals surface area contributed by atoms with E-state index < -0.39 is 0 Å². The summed E-state index contributed by atoms with van der Waals surface area (Å²) in [6.07, 6.45) is 6.22. The first kappa shape index (κ1) is 10.2. The van der Waals surface area contributed by atoms with Gasteiger partial charge in [0.1, 0.15) is 5.76 Å². The Kier molecular flexibility index (Phi) is 2.98. The average molecular weight is 258 g/mol. The van der Waals surface area contributed by atoms with Crippen LogP contribution < -0.4 is 5.73 Å². The molecule has 0 unspecified atom stereocenters. The van der Waals surface area contributed by atoms with Crippen molar-refractivity contribution in [3.8, 4) is 0 Å². The second-order valence-electron chi connectivity index (χ2n) is 4.15. The van der Waals surface area contributed by atoms with Gasteiger partial charge in [-0.3, -0.25) is 0 Å². The molecule has 0 bridgehead atoms. The Balaban J connectivity index is 2.26. The van der Waals surface area contributed by atoms with E-state index in [1.54, 1.807) is 0 Å². The standard InChI is InChI=1S/C11H16BrNO/c12-10-5-4-9(14-10)11(8-13)6-2-1-3-7-11/h4-5H,1-3,6-8,13H2. The fourth-order valence-electron chi connectivity index (χ4n) is 2.38. The van der Waals surface area contributed by atoms with Crippen molar-refractivity contribution >= 4 is 15.9 Å². The summed E-state index contributed by atoms with van der Waals surface area (Å²) in [6, 6.07) is 4.02. The van der Waals surface area contributed by atoms with Crippen LogP contribution in [0.3, 0.4) is 0 Å². The van der Waals surface area contributed by atoms with Crippen LogP contribution in [-0.4, -0.2) is 6.54 Å². The predicted molar refractivity (Wildman–Crippen MR) is 60.2 cm³/mol. The van der Waals surface area contributed by atoms with Gasteiger partial charge in [0.25, 0.3) is 0 Å². The van der Waals surface area contributed by atoms with Gasteiger partial charge in [0.2, 0.25) is 0 Å². The molecule has 0 spiro atoms. The zero-order valence-electron chi connectivity index (χ0n) is 8.26. The lowest BCUT2D eigenvalue weighted by Crippen LogP contribution is -2.36. The quantitative estimate of drug-likeness (QED) is 0.884. The van der Waals surface area contributed by atoms with Crippen LogP contribution in [0.15, 0.2) is 21.2 Å². The third-order valence-electron chi connectivity index (χ3n) is 3.30. The predicted octanol–water partition coefficient (Wildman–Crippen LogP) is 3.20. The second-order valence-corrected chi connectivity index (χ2v) is 4.93. The van der Waals surface area contributed by atoms with Crippen molar-refractivity contribution in [2.75, 3.05) is 6.54 Å². The highest BCUT2D eigenvalue weighted by atomic mass is 79.9. The smallest absolute Gasteiger partial charge is 0.169 e. The molecule has 1 fully saturated rings. The van der Waals surface area contributed by atoms with Gasteiger partial charge in [-0.25, -0.2) is 0 Å². The van der Waals surface area contributed by atoms with Gasteiger partial charge in [-0.15, -0.1) is 0 Å². The Morgan fingerprint density at radius 3 is 2.50 bits per heavy atom. The number of hydrogen-bond donors (Lipinski definition) is 1. The maximum atomic E-state index is 5.90. The Bertz CT molecular complexity index is 302. The molecular formula is C11H16BrNO. The lowest BCUT2D eigenvalue weighted by molar-refractivity contribution is 0.249. The molecule has 2 rings (SSSR count). The van der Waals surface area contributed by atoms with E-state index in [1.807, 2.05) is 6.07 Å². The van der Waals surface area contributed by atoms with E-state index in [9.17, 15) is 0 Å². The monoisotopic (exact) mass is 257 g/mol. The molecule has 0 radical (unpaired) electrons. The van der Waals surface area contributed by atoms with Gasteiger partial charge in [-0.05, 0) is 40.9 Å². The first-order valence-corrected chi connectivity index (χ1v) is 6.02. The molecule has 2 N–H and O–H groups in total. The van der Waals surface area contributed by atoms with Crippen LogP contribution in [0.1, 0.15) is 37.9 Å². The van der Waals surface area contributed by atoms with Gasteiger partial charge in [0, 0.05) is 12.0 Å². The molecular weight excluding hydrogens is 242 g/mol. The molecule has 0 aromatic carbocycles. The molecule has 0 amide bonds. The van der Waals surface area contributed by atoms with Crippen LogP contribution in [0.5, 0.6) is 0 Å². The Morgan fingerprint density at radius 2 is 2.00 bits per heavy atom. The summed E-state index contributed by atoms with van der Waals surface area (Å²) in [5.41, 5.74) is 6.02. The van der Waals surface area contributed by atoms with E-state index in [1.165, 1.54) is 32.1 Å². The molecule has 1 aliphatic carbocycles. The molecule has 0 atom stereocenters. The van der Waals surface area contributed by atoms with Gasteiger partial charge >= 0.3 is 0 Å². The van der Waals surface area contributed by atoms with E-state index >= 15 is 0 Å². The van der Waals surface area contributed by atoms with Crippen LogP contribution in [0, 0.1) is 0 Å². The van der Waals surface area contributed by atoms with Crippen molar-refractivity contribution in [3.05, 3.63) is 22.6 Å². The molecule has 1 aromatic rings. The average Bonchev–Trinajstić information content (AvgIpc) is 2.66. The largest absolute Gasteiger partial charge is 0.454 e. The summed E-state index contributed by atoms with van der Waals surface area (Å²) < 4.78 is 6.46. The van der Waals surface area contributed by atoms with Crippen molar-refractivity contribution in [3.63, 3.8) is 0 Å². The summed E-state index contributed by atoms with van der Waals surface area (Å²) in [5, 5.41) is 0. The van der Waals surface area contributed by atoms with Crippen LogP contribution >= 0.6 is 15.9 Å². The first-order chi connectivity index (χ1) is 6.77. The van der Waals surface area contributed by atoms with Crippen molar-refractivity contribution in [1.82, 2.24) is 0 Å². The van der Waals surface area contributed by atoms with Crippen LogP contribution in [-0.2, 0) is 5.41 Å². The fraction of sp³-hybridized carbons (Fsp3) is 0.636. The van der Waals surface area contributed by atoms with E-state index in [0.29, 0.717) is 6.54 Å². The van der Waals surface area contributed by atoms with Gasteiger partial charge < -0.3 is 10.2 Å². The molecule has 14 heavy (non-hydrogen) atoms. The molecule has 1 heterocycles. The minimum atomic E-state index is 0.115. The summed E-state index contributed by atoms with van der Waals surface area (Å²) >= 11 is 3.34. The van der Waals surface area contributed by atoms with E-state index in [2.05, 4.69) is 22.0 Å². The zero-order valence-corrected chi connectivity index (χ0v) is 9.85. The highest BCUT2D eigenvalue weighted by molar-refractivity contribution is 9.10. The third-order valence-corrected chi connectivity index (χ3v) is 3.72. The minimum Gasteiger partial charge on any atom is -0.454 e. The molecule has 3 heteroatoms. The lowest BCUT2D eigenvalue weighted by atomic mass is 9.72. The van der Waals surface area contributed by atoms with Gasteiger partial charge in [0.15, 0.2) is 4.67 Å². The normalized spacial score (nSPS) is 21.0. The van der Waals surface area contributed by atoms with Crippen molar-refractivity contribution < 1.29 is 4.42 Å². The van der Waals surface area contributed by atoms with Gasteiger partial charge in [-0.1, -0.05) is 19.3 Å². The molecule has 0 aliphatic heterocycles. The Morgan fingerprint density at radius 1 is 1.29 bits per heavy atom. The van der Waals surface area contributed by atoms with Crippen LogP contribution in [0.25, 0.3) is 0 Å². The highest BCUT2D eigenvalue weighted by Gasteiger charge is 2.35. The molecule has 0 saturated heterocycles. The van der Waals surface area contributed by atoms with Gasteiger partial charge in [0.05, 0.1) is 0 Å². The number of furan rings is 1. The Labute approximate surface area is 93.0 Å². The van der Waals surface area contributed by atoms with Crippen molar-refractivity contribution in [2.24, 2.45) is 5.73 Å². The zero-order chi connectivity index (χ0) is 10.0. The highest BCUT2D eigenvalue weighted by Crippen LogP contribution is 2.39. The molecule has 78 valence electrons. The molecule has 1 aromatic heterocycles. The van der Waals surface area contributed by atoms with E-state index in [4.69, 9.17) is 10.2 Å². The van der Waals surface area contributed by atoms with E-state index in [0.717, 1.165) is 10.4 Å². The Hall–Kier alpha value is -0.280. The molecule has 1 saturated carbocycles. The summed E-state index contributed by atoms with van der Waals surface area (Å²) in [5.74, 6) is 1.06. The number of rotatable bonds is 2. The lowest BCUT2D eigenvalue weighted by Gasteiger charge is -2.34. The number of halogens is 1. The summed E-state index contributed by atoms with van der Waals surface area (Å²) in [7, 11) is 0. The van der Waals surface area contributed by atoms with Gasteiger partial charge in [-0.2, -0.15) is 0 Å². The van der Waals surface area contributed by atoms with Crippen LogP contribution in [0.4, 0.5) is 0 Å². The van der Waals surface area contributed by atoms with Crippen molar-refractivity contribution in [2.45, 2.75) is 37.5 Å². The summed E-state index contributed by atoms with van der Waals surface area (Å²) in [6.45, 7) is 0.701. The van der Waals surface area contributed by atoms with Crippen molar-refractivity contribution in [1.29, 1.82) is 0 Å². The topological polar surface area (TPSA) is 39.2 Å². The molecule has 1 aliphatic rings. The number of nitrogens with two attached hydrogens (primary N) is 1. The maximum Gasteiger partial charge on any atom is 0.169 e. The maximum absolute atomic E-state index is 5.90. The molecule has 2 nitrogen and oxygen atoms in total. The first-order valence-electron chi connectivity index (χ1n) is 5.23. The second kappa shape index (κ2) is 4.07. The SMILES string of the molecule is NCC1(c2ccc(Br)o2)CCCCC1. The summed E-state index contributed by atoms with van der Waals surface area (Å²) in [4.78, 5) is 0. The minimum absolute atomic E-state index is 0.115. The van der Waals surface area contributed by atoms with E-state index in [-0.39, 0.29) is 5.41 Å². The number of hydrogen-bond acceptors (Lipinski definition) is 2. The fourth-order valence-corrected chi connectivity index (χ4v) is 2.69. The third kappa shape index (κ3) is 1.75.